The molecule has 1 aliphatic rings. The molecule has 2 heterocycles. The van der Waals surface area contributed by atoms with Crippen LogP contribution in [0.4, 0.5) is 0 Å². The fourth-order valence-corrected chi connectivity index (χ4v) is 2.08. The minimum absolute atomic E-state index is 0.236. The summed E-state index contributed by atoms with van der Waals surface area (Å²) in [5, 5.41) is 1.26. The van der Waals surface area contributed by atoms with E-state index in [4.69, 9.17) is 4.74 Å². The largest absolute Gasteiger partial charge is 0.476 e. The van der Waals surface area contributed by atoms with E-state index in [-0.39, 0.29) is 6.10 Å². The fraction of sp³-hybridized carbons (Fsp3) is 0.308. The summed E-state index contributed by atoms with van der Waals surface area (Å²) in [5.74, 6) is 0.859. The second-order valence-corrected chi connectivity index (χ2v) is 4.20. The monoisotopic (exact) mass is 214 g/mol. The van der Waals surface area contributed by atoms with Crippen LogP contribution in [-0.2, 0) is 11.2 Å². The highest BCUT2D eigenvalue weighted by atomic mass is 16.5. The molecule has 82 valence electrons. The molecule has 1 aromatic carbocycles. The summed E-state index contributed by atoms with van der Waals surface area (Å²) in [6, 6.07) is 8.30. The third kappa shape index (κ3) is 1.58. The molecule has 3 nitrogen and oxygen atoms in total. The van der Waals surface area contributed by atoms with Crippen LogP contribution in [0.25, 0.3) is 10.9 Å². The first-order valence-electron chi connectivity index (χ1n) is 5.58. The molecule has 3 rings (SSSR count). The maximum Gasteiger partial charge on any atom is 0.188 e. The Kier molecular flexibility index (Phi) is 2.17. The van der Waals surface area contributed by atoms with Crippen molar-refractivity contribution >= 4 is 16.8 Å². The van der Waals surface area contributed by atoms with Gasteiger partial charge in [0.2, 0.25) is 0 Å². The van der Waals surface area contributed by atoms with Gasteiger partial charge in [0.05, 0.1) is 13.0 Å². The van der Waals surface area contributed by atoms with E-state index in [9.17, 15) is 0 Å². The maximum absolute atomic E-state index is 5.62. The van der Waals surface area contributed by atoms with Gasteiger partial charge in [0, 0.05) is 17.1 Å². The number of para-hydroxylation sites is 1. The van der Waals surface area contributed by atoms with E-state index < -0.39 is 0 Å². The summed E-state index contributed by atoms with van der Waals surface area (Å²) < 4.78 is 5.62. The van der Waals surface area contributed by atoms with Crippen LogP contribution in [0, 0.1) is 0 Å². The molecule has 1 N–H and O–H groups in total. The van der Waals surface area contributed by atoms with E-state index in [1.807, 2.05) is 19.2 Å². The average Bonchev–Trinajstić information content (AvgIpc) is 2.87. The molecule has 0 aliphatic carbocycles. The summed E-state index contributed by atoms with van der Waals surface area (Å²) in [5.41, 5.74) is 2.42. The van der Waals surface area contributed by atoms with Gasteiger partial charge in [-0.05, 0) is 18.6 Å². The van der Waals surface area contributed by atoms with Gasteiger partial charge >= 0.3 is 0 Å². The highest BCUT2D eigenvalue weighted by molar-refractivity contribution is 5.89. The molecular formula is C13H14N2O. The van der Waals surface area contributed by atoms with Crippen molar-refractivity contribution < 1.29 is 4.74 Å². The molecule has 2 aromatic rings. The maximum atomic E-state index is 5.62. The van der Waals surface area contributed by atoms with Crippen LogP contribution in [-0.4, -0.2) is 23.5 Å². The van der Waals surface area contributed by atoms with Crippen LogP contribution in [0.3, 0.4) is 0 Å². The van der Waals surface area contributed by atoms with Gasteiger partial charge in [-0.1, -0.05) is 18.2 Å². The number of aromatic amines is 1. The van der Waals surface area contributed by atoms with Crippen molar-refractivity contribution in [2.24, 2.45) is 4.99 Å². The molecule has 0 amide bonds. The van der Waals surface area contributed by atoms with Crippen LogP contribution in [0.15, 0.2) is 35.5 Å². The van der Waals surface area contributed by atoms with E-state index in [0.29, 0.717) is 0 Å². The molecule has 0 fully saturated rings. The van der Waals surface area contributed by atoms with Crippen LogP contribution in [0.1, 0.15) is 12.5 Å². The third-order valence-corrected chi connectivity index (χ3v) is 2.88. The number of ether oxygens (including phenoxy) is 1. The van der Waals surface area contributed by atoms with Crippen LogP contribution < -0.4 is 0 Å². The number of fused-ring (bicyclic) bond motifs is 1. The average molecular weight is 214 g/mol. The molecule has 0 saturated carbocycles. The molecule has 16 heavy (non-hydrogen) atoms. The normalized spacial score (nSPS) is 19.8. The van der Waals surface area contributed by atoms with Gasteiger partial charge in [0.15, 0.2) is 5.90 Å². The molecule has 0 radical (unpaired) electrons. The van der Waals surface area contributed by atoms with Crippen molar-refractivity contribution in [3.05, 3.63) is 36.0 Å². The quantitative estimate of drug-likeness (QED) is 0.819. The summed E-state index contributed by atoms with van der Waals surface area (Å²) in [7, 11) is 0. The Hall–Kier alpha value is -1.77. The van der Waals surface area contributed by atoms with Gasteiger partial charge in [-0.3, -0.25) is 4.99 Å². The first-order valence-corrected chi connectivity index (χ1v) is 5.58. The lowest BCUT2D eigenvalue weighted by molar-refractivity contribution is 0.241. The topological polar surface area (TPSA) is 37.4 Å². The SMILES string of the molecule is CC1CN=C(Cc2c[nH]c3ccccc23)O1. The van der Waals surface area contributed by atoms with E-state index in [2.05, 4.69) is 28.2 Å². The van der Waals surface area contributed by atoms with Crippen molar-refractivity contribution in [3.63, 3.8) is 0 Å². The zero-order chi connectivity index (χ0) is 11.0. The number of aromatic nitrogens is 1. The molecule has 0 bridgehead atoms. The summed E-state index contributed by atoms with van der Waals surface area (Å²) >= 11 is 0. The minimum atomic E-state index is 0.236. The lowest BCUT2D eigenvalue weighted by Crippen LogP contribution is -2.09. The second-order valence-electron chi connectivity index (χ2n) is 4.20. The van der Waals surface area contributed by atoms with Gasteiger partial charge in [-0.15, -0.1) is 0 Å². The van der Waals surface area contributed by atoms with E-state index in [0.717, 1.165) is 18.9 Å². The molecular weight excluding hydrogens is 200 g/mol. The number of hydrogen-bond donors (Lipinski definition) is 1. The predicted molar refractivity (Wildman–Crippen MR) is 64.9 cm³/mol. The van der Waals surface area contributed by atoms with Crippen LogP contribution in [0.2, 0.25) is 0 Å². The zero-order valence-corrected chi connectivity index (χ0v) is 9.23. The predicted octanol–water partition coefficient (Wildman–Crippen LogP) is 2.53. The Morgan fingerprint density at radius 3 is 3.12 bits per heavy atom. The van der Waals surface area contributed by atoms with Gasteiger partial charge in [-0.2, -0.15) is 0 Å². The standard InChI is InChI=1S/C13H14N2O/c1-9-7-15-13(16-9)6-10-8-14-12-5-3-2-4-11(10)12/h2-5,8-9,14H,6-7H2,1H3. The Morgan fingerprint density at radius 1 is 1.44 bits per heavy atom. The second kappa shape index (κ2) is 3.67. The van der Waals surface area contributed by atoms with Gasteiger partial charge in [0.1, 0.15) is 6.10 Å². The van der Waals surface area contributed by atoms with Gasteiger partial charge < -0.3 is 9.72 Å². The Labute approximate surface area is 94.1 Å². The molecule has 3 heteroatoms. The molecule has 0 saturated heterocycles. The smallest absolute Gasteiger partial charge is 0.188 e. The molecule has 1 aliphatic heterocycles. The highest BCUT2D eigenvalue weighted by Gasteiger charge is 2.16. The van der Waals surface area contributed by atoms with Gasteiger partial charge in [0.25, 0.3) is 0 Å². The van der Waals surface area contributed by atoms with Crippen LogP contribution in [0.5, 0.6) is 0 Å². The Bertz CT molecular complexity index is 542. The van der Waals surface area contributed by atoms with E-state index >= 15 is 0 Å². The molecule has 1 aromatic heterocycles. The lowest BCUT2D eigenvalue weighted by Gasteiger charge is -2.04. The van der Waals surface area contributed by atoms with Crippen molar-refractivity contribution in [3.8, 4) is 0 Å². The van der Waals surface area contributed by atoms with E-state index in [1.54, 1.807) is 0 Å². The number of rotatable bonds is 2. The number of aliphatic imine (C=N–C) groups is 1. The van der Waals surface area contributed by atoms with Crippen molar-refractivity contribution in [1.29, 1.82) is 0 Å². The highest BCUT2D eigenvalue weighted by Crippen LogP contribution is 2.19. The Balaban J connectivity index is 1.90. The number of benzene rings is 1. The van der Waals surface area contributed by atoms with Crippen LogP contribution >= 0.6 is 0 Å². The number of nitrogens with zero attached hydrogens (tertiary/aromatic N) is 1. The summed E-state index contributed by atoms with van der Waals surface area (Å²) in [6.45, 7) is 2.84. The molecule has 1 unspecified atom stereocenters. The van der Waals surface area contributed by atoms with Crippen molar-refractivity contribution in [2.75, 3.05) is 6.54 Å². The molecule has 1 atom stereocenters. The fourth-order valence-electron chi connectivity index (χ4n) is 2.08. The summed E-state index contributed by atoms with van der Waals surface area (Å²) in [4.78, 5) is 7.64. The number of H-pyrrole nitrogens is 1. The third-order valence-electron chi connectivity index (χ3n) is 2.88. The number of nitrogens with one attached hydrogen (secondary N) is 1. The summed E-state index contributed by atoms with van der Waals surface area (Å²) in [6.07, 6.45) is 3.06. The first kappa shape index (κ1) is 9.46. The number of hydrogen-bond acceptors (Lipinski definition) is 2. The zero-order valence-electron chi connectivity index (χ0n) is 9.23. The van der Waals surface area contributed by atoms with Crippen molar-refractivity contribution in [1.82, 2.24) is 4.98 Å². The first-order chi connectivity index (χ1) is 7.83. The minimum Gasteiger partial charge on any atom is -0.476 e. The molecule has 0 spiro atoms. The van der Waals surface area contributed by atoms with E-state index in [1.165, 1.54) is 16.5 Å². The van der Waals surface area contributed by atoms with Gasteiger partial charge in [-0.25, -0.2) is 0 Å². The Morgan fingerprint density at radius 2 is 2.31 bits per heavy atom. The lowest BCUT2D eigenvalue weighted by atomic mass is 10.1. The van der Waals surface area contributed by atoms with Crippen molar-refractivity contribution in [2.45, 2.75) is 19.4 Å².